The van der Waals surface area contributed by atoms with E-state index in [-0.39, 0.29) is 22.9 Å². The maximum absolute atomic E-state index is 12.7. The van der Waals surface area contributed by atoms with Gasteiger partial charge in [-0.3, -0.25) is 0 Å². The van der Waals surface area contributed by atoms with E-state index >= 15 is 0 Å². The van der Waals surface area contributed by atoms with Gasteiger partial charge < -0.3 is 20.9 Å². The first-order valence-electron chi connectivity index (χ1n) is 3.96. The summed E-state index contributed by atoms with van der Waals surface area (Å²) in [5.74, 6) is -0.527. The van der Waals surface area contributed by atoms with Crippen LogP contribution in [0.3, 0.4) is 0 Å². The fraction of sp³-hybridized carbons (Fsp3) is 0.250. The van der Waals surface area contributed by atoms with Crippen LogP contribution in [0, 0.1) is 0 Å². The molecule has 0 amide bonds. The fourth-order valence-corrected chi connectivity index (χ4v) is 1.14. The summed E-state index contributed by atoms with van der Waals surface area (Å²) in [5.41, 5.74) is 10.9. The lowest BCUT2D eigenvalue weighted by atomic mass is 10.2. The Morgan fingerprint density at radius 1 is 1.13 bits per heavy atom. The van der Waals surface area contributed by atoms with Gasteiger partial charge in [0.15, 0.2) is 11.5 Å². The van der Waals surface area contributed by atoms with E-state index in [4.69, 9.17) is 11.5 Å². The van der Waals surface area contributed by atoms with E-state index in [9.17, 15) is 13.2 Å². The average Bonchev–Trinajstić information content (AvgIpc) is 2.11. The van der Waals surface area contributed by atoms with E-state index in [0.717, 1.165) is 12.1 Å². The minimum Gasteiger partial charge on any atom is -0.447 e. The first kappa shape index (κ1) is 9.75. The summed E-state index contributed by atoms with van der Waals surface area (Å²) in [7, 11) is 0. The second-order valence-electron chi connectivity index (χ2n) is 3.03. The number of halogens is 3. The molecule has 2 rings (SSSR count). The Labute approximate surface area is 82.6 Å². The van der Waals surface area contributed by atoms with Crippen molar-refractivity contribution in [2.24, 2.45) is 0 Å². The zero-order valence-electron chi connectivity index (χ0n) is 7.34. The lowest BCUT2D eigenvalue weighted by Gasteiger charge is -2.28. The average molecular weight is 220 g/mol. The van der Waals surface area contributed by atoms with Gasteiger partial charge in [0.1, 0.15) is 0 Å². The van der Waals surface area contributed by atoms with Crippen molar-refractivity contribution in [3.8, 4) is 11.5 Å². The Balaban J connectivity index is 2.46. The fourth-order valence-electron chi connectivity index (χ4n) is 1.14. The molecule has 82 valence electrons. The van der Waals surface area contributed by atoms with Crippen molar-refractivity contribution in [3.05, 3.63) is 12.1 Å². The Kier molecular flexibility index (Phi) is 1.85. The summed E-state index contributed by atoms with van der Waals surface area (Å²) in [6.07, 6.45) is -6.87. The summed E-state index contributed by atoms with van der Waals surface area (Å²) in [6, 6.07) is 2.19. The molecule has 7 heteroatoms. The van der Waals surface area contributed by atoms with Crippen molar-refractivity contribution in [3.63, 3.8) is 0 Å². The Morgan fingerprint density at radius 2 is 1.67 bits per heavy atom. The van der Waals surface area contributed by atoms with Crippen LogP contribution in [0.25, 0.3) is 0 Å². The van der Waals surface area contributed by atoms with E-state index in [1.165, 1.54) is 0 Å². The SMILES string of the molecule is Nc1cc2c(cc1N)OC(F)(F)C(F)O2. The van der Waals surface area contributed by atoms with E-state index in [1.807, 2.05) is 0 Å². The van der Waals surface area contributed by atoms with Gasteiger partial charge >= 0.3 is 12.5 Å². The predicted octanol–water partition coefficient (Wildman–Crippen LogP) is 1.51. The smallest absolute Gasteiger partial charge is 0.447 e. The van der Waals surface area contributed by atoms with E-state index < -0.39 is 12.5 Å². The van der Waals surface area contributed by atoms with E-state index in [0.29, 0.717) is 0 Å². The van der Waals surface area contributed by atoms with Crippen LogP contribution in [0.15, 0.2) is 12.1 Å². The zero-order valence-corrected chi connectivity index (χ0v) is 7.34. The van der Waals surface area contributed by atoms with Crippen LogP contribution < -0.4 is 20.9 Å². The summed E-state index contributed by atoms with van der Waals surface area (Å²) < 4.78 is 46.5. The van der Waals surface area contributed by atoms with Gasteiger partial charge in [-0.05, 0) is 0 Å². The molecule has 1 heterocycles. The molecule has 1 aromatic rings. The topological polar surface area (TPSA) is 70.5 Å². The number of hydrogen-bond acceptors (Lipinski definition) is 4. The monoisotopic (exact) mass is 220 g/mol. The molecule has 0 saturated carbocycles. The van der Waals surface area contributed by atoms with Gasteiger partial charge in [-0.2, -0.15) is 13.2 Å². The van der Waals surface area contributed by atoms with Crippen LogP contribution in [-0.4, -0.2) is 12.5 Å². The number of ether oxygens (including phenoxy) is 2. The highest BCUT2D eigenvalue weighted by molar-refractivity contribution is 5.69. The number of alkyl halides is 3. The lowest BCUT2D eigenvalue weighted by Crippen LogP contribution is -2.43. The van der Waals surface area contributed by atoms with Gasteiger partial charge in [0.25, 0.3) is 0 Å². The Morgan fingerprint density at radius 3 is 2.27 bits per heavy atom. The maximum atomic E-state index is 12.7. The van der Waals surface area contributed by atoms with Gasteiger partial charge in [0, 0.05) is 12.1 Å². The van der Waals surface area contributed by atoms with E-state index in [1.54, 1.807) is 0 Å². The minimum absolute atomic E-state index is 0.0606. The van der Waals surface area contributed by atoms with Gasteiger partial charge in [-0.1, -0.05) is 0 Å². The molecular formula is C8H7F3N2O2. The van der Waals surface area contributed by atoms with E-state index in [2.05, 4.69) is 9.47 Å². The van der Waals surface area contributed by atoms with Crippen molar-refractivity contribution < 1.29 is 22.6 Å². The van der Waals surface area contributed by atoms with Crippen LogP contribution in [0.4, 0.5) is 24.5 Å². The standard InChI is InChI=1S/C8H7F3N2O2/c9-7-8(10,11)15-6-2-4(13)3(12)1-5(6)14-7/h1-2,7H,12-13H2. The predicted molar refractivity (Wildman–Crippen MR) is 46.4 cm³/mol. The number of fused-ring (bicyclic) bond motifs is 1. The summed E-state index contributed by atoms with van der Waals surface area (Å²) in [4.78, 5) is 0. The van der Waals surface area contributed by atoms with Gasteiger partial charge in [0.05, 0.1) is 11.4 Å². The van der Waals surface area contributed by atoms with Crippen LogP contribution in [-0.2, 0) is 0 Å². The van der Waals surface area contributed by atoms with Gasteiger partial charge in [0.2, 0.25) is 0 Å². The molecular weight excluding hydrogens is 213 g/mol. The highest BCUT2D eigenvalue weighted by Gasteiger charge is 2.49. The van der Waals surface area contributed by atoms with Crippen molar-refractivity contribution in [2.75, 3.05) is 11.5 Å². The molecule has 4 N–H and O–H groups in total. The quantitative estimate of drug-likeness (QED) is 0.650. The van der Waals surface area contributed by atoms with Crippen LogP contribution in [0.5, 0.6) is 11.5 Å². The second kappa shape index (κ2) is 2.85. The number of nitrogen functional groups attached to an aromatic ring is 2. The van der Waals surface area contributed by atoms with Crippen molar-refractivity contribution in [1.29, 1.82) is 0 Å². The third-order valence-electron chi connectivity index (χ3n) is 1.89. The third-order valence-corrected chi connectivity index (χ3v) is 1.89. The number of hydrogen-bond donors (Lipinski definition) is 2. The first-order chi connectivity index (χ1) is 6.90. The maximum Gasteiger partial charge on any atom is 0.468 e. The number of nitrogens with two attached hydrogens (primary N) is 2. The van der Waals surface area contributed by atoms with Crippen molar-refractivity contribution >= 4 is 11.4 Å². The summed E-state index contributed by atoms with van der Waals surface area (Å²) in [5, 5.41) is 0. The highest BCUT2D eigenvalue weighted by Crippen LogP contribution is 2.43. The number of rotatable bonds is 0. The van der Waals surface area contributed by atoms with Crippen molar-refractivity contribution in [2.45, 2.75) is 12.5 Å². The Bertz CT molecular complexity index is 411. The molecule has 1 aliphatic heterocycles. The van der Waals surface area contributed by atoms with Gasteiger partial charge in [-0.25, -0.2) is 0 Å². The van der Waals surface area contributed by atoms with Crippen LogP contribution >= 0.6 is 0 Å². The molecule has 1 aliphatic rings. The minimum atomic E-state index is -4.02. The molecule has 0 spiro atoms. The largest absolute Gasteiger partial charge is 0.468 e. The highest BCUT2D eigenvalue weighted by atomic mass is 19.3. The molecule has 0 saturated heterocycles. The molecule has 4 nitrogen and oxygen atoms in total. The first-order valence-corrected chi connectivity index (χ1v) is 3.96. The molecule has 0 fully saturated rings. The molecule has 0 radical (unpaired) electrons. The van der Waals surface area contributed by atoms with Gasteiger partial charge in [-0.15, -0.1) is 0 Å². The van der Waals surface area contributed by atoms with Crippen LogP contribution in [0.2, 0.25) is 0 Å². The third kappa shape index (κ3) is 1.49. The number of benzene rings is 1. The molecule has 0 aliphatic carbocycles. The second-order valence-corrected chi connectivity index (χ2v) is 3.03. The molecule has 1 aromatic carbocycles. The normalized spacial score (nSPS) is 22.5. The Hall–Kier alpha value is -1.79. The molecule has 0 bridgehead atoms. The molecule has 1 unspecified atom stereocenters. The number of anilines is 2. The molecule has 0 aromatic heterocycles. The molecule has 1 atom stereocenters. The van der Waals surface area contributed by atoms with Crippen molar-refractivity contribution in [1.82, 2.24) is 0 Å². The summed E-state index contributed by atoms with van der Waals surface area (Å²) >= 11 is 0. The van der Waals surface area contributed by atoms with Crippen LogP contribution in [0.1, 0.15) is 0 Å². The molecule has 15 heavy (non-hydrogen) atoms. The zero-order chi connectivity index (χ0) is 11.2. The summed E-state index contributed by atoms with van der Waals surface area (Å²) in [6.45, 7) is 0. The lowest BCUT2D eigenvalue weighted by molar-refractivity contribution is -0.281.